The number of rotatable bonds is 6. The number of fused-ring (bicyclic) bond motifs is 1. The van der Waals surface area contributed by atoms with Gasteiger partial charge < -0.3 is 23.9 Å². The van der Waals surface area contributed by atoms with Crippen molar-refractivity contribution < 1.29 is 24.1 Å². The molecule has 0 atom stereocenters. The fraction of sp³-hybridized carbons (Fsp3) is 0.308. The molecule has 1 aromatic carbocycles. The Morgan fingerprint density at radius 2 is 2.23 bits per heavy atom. The second-order valence-electron chi connectivity index (χ2n) is 4.44. The number of hydrogen-bond acceptors (Lipinski definition) is 7. The number of benzene rings is 1. The van der Waals surface area contributed by atoms with Crippen LogP contribution in [-0.4, -0.2) is 38.4 Å². The molecule has 0 amide bonds. The van der Waals surface area contributed by atoms with Crippen LogP contribution in [0.2, 0.25) is 0 Å². The van der Waals surface area contributed by atoms with Gasteiger partial charge in [-0.25, -0.2) is 0 Å². The van der Waals surface area contributed by atoms with Crippen LogP contribution in [0.4, 0.5) is 0 Å². The SMILES string of the molecule is Cn1c(COc2ccc3c(c2)OCO3)nnc1SCC(=O)O. The van der Waals surface area contributed by atoms with Crippen LogP contribution in [0.5, 0.6) is 17.2 Å². The van der Waals surface area contributed by atoms with Gasteiger partial charge in [0.15, 0.2) is 22.5 Å². The van der Waals surface area contributed by atoms with Gasteiger partial charge in [0.1, 0.15) is 12.4 Å². The Bertz CT molecular complexity index is 703. The molecule has 0 radical (unpaired) electrons. The van der Waals surface area contributed by atoms with Crippen molar-refractivity contribution in [2.24, 2.45) is 7.05 Å². The summed E-state index contributed by atoms with van der Waals surface area (Å²) in [5.41, 5.74) is 0. The van der Waals surface area contributed by atoms with E-state index in [2.05, 4.69) is 10.2 Å². The zero-order valence-corrected chi connectivity index (χ0v) is 12.5. The number of ether oxygens (including phenoxy) is 3. The lowest BCUT2D eigenvalue weighted by atomic mass is 10.3. The number of aliphatic carboxylic acids is 1. The largest absolute Gasteiger partial charge is 0.485 e. The highest BCUT2D eigenvalue weighted by molar-refractivity contribution is 7.99. The van der Waals surface area contributed by atoms with E-state index in [0.29, 0.717) is 28.2 Å². The molecule has 1 N–H and O–H groups in total. The molecular formula is C13H13N3O5S. The Hall–Kier alpha value is -2.42. The van der Waals surface area contributed by atoms with E-state index < -0.39 is 5.97 Å². The number of nitrogens with zero attached hydrogens (tertiary/aromatic N) is 3. The van der Waals surface area contributed by atoms with Crippen LogP contribution in [0, 0.1) is 0 Å². The maximum absolute atomic E-state index is 10.6. The van der Waals surface area contributed by atoms with Crippen LogP contribution in [-0.2, 0) is 18.4 Å². The van der Waals surface area contributed by atoms with Crippen LogP contribution >= 0.6 is 11.8 Å². The zero-order chi connectivity index (χ0) is 15.5. The number of carboxylic acids is 1. The van der Waals surface area contributed by atoms with Crippen LogP contribution in [0.1, 0.15) is 5.82 Å². The van der Waals surface area contributed by atoms with Gasteiger partial charge in [-0.3, -0.25) is 4.79 Å². The predicted molar refractivity (Wildman–Crippen MR) is 76.3 cm³/mol. The van der Waals surface area contributed by atoms with E-state index in [4.69, 9.17) is 19.3 Å². The number of carbonyl (C=O) groups is 1. The van der Waals surface area contributed by atoms with E-state index in [1.807, 2.05) is 0 Å². The van der Waals surface area contributed by atoms with Crippen molar-refractivity contribution in [2.45, 2.75) is 11.8 Å². The molecule has 116 valence electrons. The lowest BCUT2D eigenvalue weighted by Crippen LogP contribution is -2.05. The van der Waals surface area contributed by atoms with Gasteiger partial charge in [0.25, 0.3) is 0 Å². The molecule has 0 unspecified atom stereocenters. The summed E-state index contributed by atoms with van der Waals surface area (Å²) in [6.45, 7) is 0.434. The molecule has 2 heterocycles. The predicted octanol–water partition coefficient (Wildman–Crippen LogP) is 1.30. The third-order valence-electron chi connectivity index (χ3n) is 2.96. The van der Waals surface area contributed by atoms with Crippen LogP contribution in [0.3, 0.4) is 0 Å². The maximum atomic E-state index is 10.6. The smallest absolute Gasteiger partial charge is 0.313 e. The van der Waals surface area contributed by atoms with E-state index in [1.165, 1.54) is 0 Å². The van der Waals surface area contributed by atoms with Crippen molar-refractivity contribution in [3.8, 4) is 17.2 Å². The molecular weight excluding hydrogens is 310 g/mol. The summed E-state index contributed by atoms with van der Waals surface area (Å²) in [4.78, 5) is 10.6. The lowest BCUT2D eigenvalue weighted by molar-refractivity contribution is -0.133. The van der Waals surface area contributed by atoms with Gasteiger partial charge in [0.2, 0.25) is 6.79 Å². The van der Waals surface area contributed by atoms with E-state index in [1.54, 1.807) is 29.8 Å². The number of hydrogen-bond donors (Lipinski definition) is 1. The Labute approximate surface area is 130 Å². The summed E-state index contributed by atoms with van der Waals surface area (Å²) in [6, 6.07) is 5.31. The fourth-order valence-electron chi connectivity index (χ4n) is 1.84. The topological polar surface area (TPSA) is 95.7 Å². The molecule has 0 bridgehead atoms. The van der Waals surface area contributed by atoms with Crippen molar-refractivity contribution in [2.75, 3.05) is 12.5 Å². The standard InChI is InChI=1S/C13H13N3O5S/c1-16-11(14-15-13(16)22-6-12(17)18)5-19-8-2-3-9-10(4-8)21-7-20-9/h2-4H,5-7H2,1H3,(H,17,18). The number of thioether (sulfide) groups is 1. The maximum Gasteiger partial charge on any atom is 0.313 e. The minimum Gasteiger partial charge on any atom is -0.485 e. The van der Waals surface area contributed by atoms with Gasteiger partial charge in [-0.2, -0.15) is 0 Å². The van der Waals surface area contributed by atoms with Crippen molar-refractivity contribution in [3.63, 3.8) is 0 Å². The molecule has 9 heteroatoms. The Morgan fingerprint density at radius 3 is 3.05 bits per heavy atom. The molecule has 0 aliphatic carbocycles. The number of aromatic nitrogens is 3. The van der Waals surface area contributed by atoms with Crippen molar-refractivity contribution in [1.29, 1.82) is 0 Å². The first-order chi connectivity index (χ1) is 10.6. The van der Waals surface area contributed by atoms with E-state index >= 15 is 0 Å². The molecule has 1 aliphatic heterocycles. The fourth-order valence-corrected chi connectivity index (χ4v) is 2.49. The first-order valence-corrected chi connectivity index (χ1v) is 7.37. The highest BCUT2D eigenvalue weighted by Crippen LogP contribution is 2.35. The van der Waals surface area contributed by atoms with Gasteiger partial charge in [-0.1, -0.05) is 11.8 Å². The van der Waals surface area contributed by atoms with Crippen LogP contribution < -0.4 is 14.2 Å². The molecule has 2 aromatic rings. The molecule has 0 saturated carbocycles. The summed E-state index contributed by atoms with van der Waals surface area (Å²) in [6.07, 6.45) is 0. The second-order valence-corrected chi connectivity index (χ2v) is 5.39. The molecule has 1 aromatic heterocycles. The first kappa shape index (κ1) is 14.5. The summed E-state index contributed by atoms with van der Waals surface area (Å²) < 4.78 is 17.9. The van der Waals surface area contributed by atoms with Gasteiger partial charge >= 0.3 is 5.97 Å². The zero-order valence-electron chi connectivity index (χ0n) is 11.7. The van der Waals surface area contributed by atoms with Crippen LogP contribution in [0.15, 0.2) is 23.4 Å². The molecule has 0 saturated heterocycles. The molecule has 0 spiro atoms. The van der Waals surface area contributed by atoms with E-state index in [9.17, 15) is 4.79 Å². The van der Waals surface area contributed by atoms with Gasteiger partial charge in [-0.05, 0) is 12.1 Å². The first-order valence-electron chi connectivity index (χ1n) is 6.39. The summed E-state index contributed by atoms with van der Waals surface area (Å²) in [5, 5.41) is 17.2. The quantitative estimate of drug-likeness (QED) is 0.795. The Kier molecular flexibility index (Phi) is 4.05. The van der Waals surface area contributed by atoms with Crippen molar-refractivity contribution in [3.05, 3.63) is 24.0 Å². The molecule has 3 rings (SSSR count). The average Bonchev–Trinajstić information content (AvgIpc) is 3.09. The minimum absolute atomic E-state index is 0.0605. The van der Waals surface area contributed by atoms with Crippen molar-refractivity contribution in [1.82, 2.24) is 14.8 Å². The minimum atomic E-state index is -0.897. The van der Waals surface area contributed by atoms with Crippen LogP contribution in [0.25, 0.3) is 0 Å². The highest BCUT2D eigenvalue weighted by Gasteiger charge is 2.15. The highest BCUT2D eigenvalue weighted by atomic mass is 32.2. The Balaban J connectivity index is 1.63. The molecule has 0 fully saturated rings. The molecule has 8 nitrogen and oxygen atoms in total. The van der Waals surface area contributed by atoms with E-state index in [-0.39, 0.29) is 19.2 Å². The monoisotopic (exact) mass is 323 g/mol. The van der Waals surface area contributed by atoms with E-state index in [0.717, 1.165) is 11.8 Å². The van der Waals surface area contributed by atoms with Gasteiger partial charge in [-0.15, -0.1) is 10.2 Å². The van der Waals surface area contributed by atoms with Crippen molar-refractivity contribution >= 4 is 17.7 Å². The lowest BCUT2D eigenvalue weighted by Gasteiger charge is -2.07. The average molecular weight is 323 g/mol. The normalized spacial score (nSPS) is 12.4. The molecule has 22 heavy (non-hydrogen) atoms. The third kappa shape index (κ3) is 3.08. The summed E-state index contributed by atoms with van der Waals surface area (Å²) >= 11 is 1.11. The van der Waals surface area contributed by atoms with Gasteiger partial charge in [0, 0.05) is 13.1 Å². The second kappa shape index (κ2) is 6.14. The number of carboxylic acid groups (broad SMARTS) is 1. The summed E-state index contributed by atoms with van der Waals surface area (Å²) in [5.74, 6) is 1.62. The molecule has 1 aliphatic rings. The third-order valence-corrected chi connectivity index (χ3v) is 3.97. The Morgan fingerprint density at radius 1 is 1.41 bits per heavy atom. The summed E-state index contributed by atoms with van der Waals surface area (Å²) in [7, 11) is 1.77. The van der Waals surface area contributed by atoms with Gasteiger partial charge in [0.05, 0.1) is 5.75 Å².